The van der Waals surface area contributed by atoms with Gasteiger partial charge in [-0.15, -0.1) is 0 Å². The standard InChI is InChI=1S/C18H21FO6/c1-5-24-16(21)18(19,17(22)25-6-2)14(12(3)15(20)23-4)13-10-8-7-9-11-13/h7-11,14H,3,5-6H2,1-2,4H3/t14-/m1/s1. The Balaban J connectivity index is 3.57. The van der Waals surface area contributed by atoms with Gasteiger partial charge in [0.05, 0.1) is 26.2 Å². The van der Waals surface area contributed by atoms with Crippen LogP contribution in [0.25, 0.3) is 0 Å². The van der Waals surface area contributed by atoms with Gasteiger partial charge in [0.1, 0.15) is 0 Å². The van der Waals surface area contributed by atoms with Crippen LogP contribution in [-0.2, 0) is 28.6 Å². The lowest BCUT2D eigenvalue weighted by Crippen LogP contribution is -2.51. The molecule has 0 bridgehead atoms. The predicted octanol–water partition coefficient (Wildman–Crippen LogP) is 2.33. The minimum Gasteiger partial charge on any atom is -0.466 e. The largest absolute Gasteiger partial charge is 0.466 e. The molecular weight excluding hydrogens is 331 g/mol. The van der Waals surface area contributed by atoms with Crippen molar-refractivity contribution in [3.63, 3.8) is 0 Å². The summed E-state index contributed by atoms with van der Waals surface area (Å²) in [7, 11) is 1.09. The van der Waals surface area contributed by atoms with Crippen LogP contribution in [0.3, 0.4) is 0 Å². The quantitative estimate of drug-likeness (QED) is 0.309. The van der Waals surface area contributed by atoms with Crippen LogP contribution < -0.4 is 0 Å². The SMILES string of the molecule is C=C(C(=O)OC)[C@H](c1ccccc1)C(F)(C(=O)OCC)C(=O)OCC. The first-order chi connectivity index (χ1) is 11.8. The second kappa shape index (κ2) is 8.96. The van der Waals surface area contributed by atoms with Crippen LogP contribution in [0.4, 0.5) is 4.39 Å². The van der Waals surface area contributed by atoms with Crippen molar-refractivity contribution in [2.45, 2.75) is 25.4 Å². The fourth-order valence-corrected chi connectivity index (χ4v) is 2.36. The number of hydrogen-bond donors (Lipinski definition) is 0. The summed E-state index contributed by atoms with van der Waals surface area (Å²) in [6, 6.07) is 7.74. The van der Waals surface area contributed by atoms with Crippen LogP contribution >= 0.6 is 0 Å². The van der Waals surface area contributed by atoms with Crippen LogP contribution in [0.1, 0.15) is 25.3 Å². The maximum absolute atomic E-state index is 15.8. The molecule has 0 aliphatic rings. The molecule has 1 aromatic rings. The molecule has 0 unspecified atom stereocenters. The minimum atomic E-state index is -3.28. The molecule has 0 aliphatic heterocycles. The van der Waals surface area contributed by atoms with Crippen LogP contribution in [0.5, 0.6) is 0 Å². The molecule has 0 fully saturated rings. The lowest BCUT2D eigenvalue weighted by molar-refractivity contribution is -0.176. The Morgan fingerprint density at radius 1 is 1.08 bits per heavy atom. The first kappa shape index (κ1) is 20.3. The van der Waals surface area contributed by atoms with Crippen molar-refractivity contribution >= 4 is 17.9 Å². The van der Waals surface area contributed by atoms with E-state index in [1.54, 1.807) is 18.2 Å². The number of ether oxygens (including phenoxy) is 3. The molecule has 0 spiro atoms. The molecule has 0 N–H and O–H groups in total. The molecule has 25 heavy (non-hydrogen) atoms. The topological polar surface area (TPSA) is 78.9 Å². The Morgan fingerprint density at radius 3 is 1.96 bits per heavy atom. The van der Waals surface area contributed by atoms with E-state index in [2.05, 4.69) is 11.3 Å². The van der Waals surface area contributed by atoms with Gasteiger partial charge in [0.25, 0.3) is 0 Å². The Kier molecular flexibility index (Phi) is 7.29. The zero-order chi connectivity index (χ0) is 19.0. The average Bonchev–Trinajstić information content (AvgIpc) is 2.62. The lowest BCUT2D eigenvalue weighted by atomic mass is 9.78. The van der Waals surface area contributed by atoms with E-state index in [0.29, 0.717) is 0 Å². The zero-order valence-electron chi connectivity index (χ0n) is 14.4. The summed E-state index contributed by atoms with van der Waals surface area (Å²) in [5.74, 6) is -5.51. The summed E-state index contributed by atoms with van der Waals surface area (Å²) in [5, 5.41) is 0. The summed E-state index contributed by atoms with van der Waals surface area (Å²) >= 11 is 0. The summed E-state index contributed by atoms with van der Waals surface area (Å²) in [6.45, 7) is 6.15. The van der Waals surface area contributed by atoms with E-state index in [1.165, 1.54) is 26.0 Å². The summed E-state index contributed by atoms with van der Waals surface area (Å²) in [5.41, 5.74) is -3.50. The van der Waals surface area contributed by atoms with Gasteiger partial charge in [-0.25, -0.2) is 18.8 Å². The summed E-state index contributed by atoms with van der Waals surface area (Å²) in [4.78, 5) is 36.6. The van der Waals surface area contributed by atoms with Crippen molar-refractivity contribution < 1.29 is 33.0 Å². The number of hydrogen-bond acceptors (Lipinski definition) is 6. The molecule has 0 aromatic heterocycles. The second-order valence-electron chi connectivity index (χ2n) is 5.01. The number of esters is 3. The molecular formula is C18H21FO6. The molecule has 0 aliphatic carbocycles. The number of halogens is 1. The Hall–Kier alpha value is -2.70. The van der Waals surface area contributed by atoms with Gasteiger partial charge >= 0.3 is 23.6 Å². The van der Waals surface area contributed by atoms with Crippen molar-refractivity contribution in [3.8, 4) is 0 Å². The van der Waals surface area contributed by atoms with Crippen molar-refractivity contribution in [2.75, 3.05) is 20.3 Å². The van der Waals surface area contributed by atoms with Crippen molar-refractivity contribution in [3.05, 3.63) is 48.0 Å². The highest BCUT2D eigenvalue weighted by Crippen LogP contribution is 2.40. The van der Waals surface area contributed by atoms with Crippen LogP contribution in [0, 0.1) is 0 Å². The minimum absolute atomic E-state index is 0.157. The van der Waals surface area contributed by atoms with E-state index in [0.717, 1.165) is 7.11 Å². The Bertz CT molecular complexity index is 622. The van der Waals surface area contributed by atoms with E-state index >= 15 is 4.39 Å². The molecule has 1 atom stereocenters. The number of carbonyl (C=O) groups excluding carboxylic acids is 3. The average molecular weight is 352 g/mol. The highest BCUT2D eigenvalue weighted by Gasteiger charge is 2.58. The van der Waals surface area contributed by atoms with Gasteiger partial charge in [-0.05, 0) is 19.4 Å². The molecule has 0 saturated heterocycles. The van der Waals surface area contributed by atoms with Gasteiger partial charge in [0, 0.05) is 5.57 Å². The molecule has 136 valence electrons. The first-order valence-electron chi connectivity index (χ1n) is 7.69. The third-order valence-corrected chi connectivity index (χ3v) is 3.47. The second-order valence-corrected chi connectivity index (χ2v) is 5.01. The van der Waals surface area contributed by atoms with Crippen molar-refractivity contribution in [2.24, 2.45) is 0 Å². The highest BCUT2D eigenvalue weighted by atomic mass is 19.1. The third-order valence-electron chi connectivity index (χ3n) is 3.47. The lowest BCUT2D eigenvalue weighted by Gasteiger charge is -2.30. The number of alkyl halides is 1. The first-order valence-corrected chi connectivity index (χ1v) is 7.69. The van der Waals surface area contributed by atoms with E-state index in [9.17, 15) is 14.4 Å². The fraction of sp³-hybridized carbons (Fsp3) is 0.389. The maximum Gasteiger partial charge on any atom is 0.356 e. The van der Waals surface area contributed by atoms with Gasteiger partial charge in [-0.1, -0.05) is 36.9 Å². The van der Waals surface area contributed by atoms with Crippen molar-refractivity contribution in [1.82, 2.24) is 0 Å². The molecule has 0 heterocycles. The van der Waals surface area contributed by atoms with Crippen LogP contribution in [-0.4, -0.2) is 43.9 Å². The van der Waals surface area contributed by atoms with Gasteiger partial charge < -0.3 is 14.2 Å². The number of benzene rings is 1. The summed E-state index contributed by atoms with van der Waals surface area (Å²) in [6.07, 6.45) is 0. The van der Waals surface area contributed by atoms with Gasteiger partial charge in [-0.2, -0.15) is 0 Å². The smallest absolute Gasteiger partial charge is 0.356 e. The van der Waals surface area contributed by atoms with E-state index < -0.39 is 35.1 Å². The monoisotopic (exact) mass is 352 g/mol. The highest BCUT2D eigenvalue weighted by molar-refractivity contribution is 6.07. The molecule has 0 amide bonds. The molecule has 7 heteroatoms. The predicted molar refractivity (Wildman–Crippen MR) is 87.4 cm³/mol. The molecule has 1 rings (SSSR count). The molecule has 6 nitrogen and oxygen atoms in total. The fourth-order valence-electron chi connectivity index (χ4n) is 2.36. The molecule has 0 saturated carbocycles. The normalized spacial score (nSPS) is 12.0. The van der Waals surface area contributed by atoms with E-state index in [1.807, 2.05) is 0 Å². The molecule has 0 radical (unpaired) electrons. The number of rotatable bonds is 8. The van der Waals surface area contributed by atoms with Crippen LogP contribution in [0.15, 0.2) is 42.5 Å². The number of methoxy groups -OCH3 is 1. The van der Waals surface area contributed by atoms with Gasteiger partial charge in [0.2, 0.25) is 0 Å². The summed E-state index contributed by atoms with van der Waals surface area (Å²) < 4.78 is 29.9. The zero-order valence-corrected chi connectivity index (χ0v) is 14.4. The molecule has 1 aromatic carbocycles. The Morgan fingerprint density at radius 2 is 1.56 bits per heavy atom. The third kappa shape index (κ3) is 4.23. The van der Waals surface area contributed by atoms with E-state index in [4.69, 9.17) is 9.47 Å². The number of carbonyl (C=O) groups is 3. The van der Waals surface area contributed by atoms with E-state index in [-0.39, 0.29) is 18.8 Å². The maximum atomic E-state index is 15.8. The van der Waals surface area contributed by atoms with Gasteiger partial charge in [-0.3, -0.25) is 0 Å². The van der Waals surface area contributed by atoms with Crippen LogP contribution in [0.2, 0.25) is 0 Å². The van der Waals surface area contributed by atoms with Crippen molar-refractivity contribution in [1.29, 1.82) is 0 Å². The Labute approximate surface area is 145 Å². The van der Waals surface area contributed by atoms with Gasteiger partial charge in [0.15, 0.2) is 0 Å².